The summed E-state index contributed by atoms with van der Waals surface area (Å²) in [4.78, 5) is 113. The molecule has 0 saturated heterocycles. The summed E-state index contributed by atoms with van der Waals surface area (Å²) in [6.45, 7) is 2.81. The standard InChI is InChI=1S/C53H66N10O9S/c1-32(64)46(53(72)61-43(28-36-20-10-5-11-21-36)51(70)62-45(31-73)47(55)66)63-48(67)40(24-14-15-25-54)58-52(71)44(29-37-30-56-39-23-13-12-22-38(37)39)60-50(69)42(27-35-18-8-4-9-19-35)59-49(68)41(57-33(2)65)26-34-16-6-3-7-17-34/h3-13,16-23,30,32,40-46,56,64,73H,14-15,24-29,31,54H2,1-2H3,(H2,55,66)(H,57,65)(H,58,71)(H,59,68)(H,60,69)(H,61,72)(H,62,70)(H,63,67)/t32-,40+,41+,42+,43+,44-,45+,46+/m1/s1. The third kappa shape index (κ3) is 17.6. The number of primary amides is 1. The quantitative estimate of drug-likeness (QED) is 0.0247. The fourth-order valence-corrected chi connectivity index (χ4v) is 8.40. The largest absolute Gasteiger partial charge is 0.391 e. The minimum atomic E-state index is -1.66. The number of rotatable bonds is 28. The van der Waals surface area contributed by atoms with E-state index in [1.165, 1.54) is 13.8 Å². The molecule has 0 aliphatic heterocycles. The van der Waals surface area contributed by atoms with Gasteiger partial charge in [0.1, 0.15) is 42.3 Å². The van der Waals surface area contributed by atoms with Crippen molar-refractivity contribution in [3.8, 4) is 0 Å². The van der Waals surface area contributed by atoms with E-state index in [0.29, 0.717) is 29.5 Å². The number of aliphatic hydroxyl groups is 1. The lowest BCUT2D eigenvalue weighted by Gasteiger charge is -2.29. The van der Waals surface area contributed by atoms with Crippen LogP contribution in [0.2, 0.25) is 0 Å². The van der Waals surface area contributed by atoms with E-state index in [-0.39, 0.29) is 44.4 Å². The monoisotopic (exact) mass is 1020 g/mol. The average molecular weight is 1020 g/mol. The highest BCUT2D eigenvalue weighted by Gasteiger charge is 2.36. The molecule has 0 bridgehead atoms. The van der Waals surface area contributed by atoms with Crippen molar-refractivity contribution < 1.29 is 43.5 Å². The summed E-state index contributed by atoms with van der Waals surface area (Å²) >= 11 is 4.10. The van der Waals surface area contributed by atoms with Crippen LogP contribution < -0.4 is 48.7 Å². The summed E-state index contributed by atoms with van der Waals surface area (Å²) in [5, 5.41) is 30.5. The van der Waals surface area contributed by atoms with Crippen LogP contribution in [0.1, 0.15) is 55.4 Å². The third-order valence-corrected chi connectivity index (χ3v) is 12.4. The first kappa shape index (κ1) is 56.4. The van der Waals surface area contributed by atoms with Crippen LogP contribution in [0.4, 0.5) is 0 Å². The third-order valence-electron chi connectivity index (χ3n) is 12.0. The van der Waals surface area contributed by atoms with Crippen molar-refractivity contribution in [2.24, 2.45) is 11.5 Å². The fourth-order valence-electron chi connectivity index (χ4n) is 8.13. The number of amides is 8. The lowest BCUT2D eigenvalue weighted by molar-refractivity contribution is -0.137. The van der Waals surface area contributed by atoms with Gasteiger partial charge in [-0.3, -0.25) is 38.4 Å². The van der Waals surface area contributed by atoms with E-state index in [2.05, 4.69) is 54.8 Å². The number of carbonyl (C=O) groups excluding carboxylic acids is 8. The normalized spacial score (nSPS) is 14.4. The summed E-state index contributed by atoms with van der Waals surface area (Å²) in [5.74, 6) is -6.18. The van der Waals surface area contributed by atoms with Gasteiger partial charge >= 0.3 is 0 Å². The number of unbranched alkanes of at least 4 members (excludes halogenated alkanes) is 1. The summed E-state index contributed by atoms with van der Waals surface area (Å²) in [6, 6.07) is 24.9. The molecule has 8 atom stereocenters. The van der Waals surface area contributed by atoms with E-state index in [1.54, 1.807) is 79.0 Å². The van der Waals surface area contributed by atoms with Crippen LogP contribution in [0.3, 0.4) is 0 Å². The van der Waals surface area contributed by atoms with Crippen molar-refractivity contribution in [3.05, 3.63) is 144 Å². The molecule has 0 spiro atoms. The Morgan fingerprint density at radius 2 is 0.945 bits per heavy atom. The molecule has 13 N–H and O–H groups in total. The number of carbonyl (C=O) groups is 8. The average Bonchev–Trinajstić information content (AvgIpc) is 3.78. The van der Waals surface area contributed by atoms with Crippen LogP contribution in [-0.4, -0.2) is 118 Å². The van der Waals surface area contributed by atoms with Crippen molar-refractivity contribution in [1.29, 1.82) is 0 Å². The predicted octanol–water partition coefficient (Wildman–Crippen LogP) is 0.777. The molecule has 0 aliphatic carbocycles. The van der Waals surface area contributed by atoms with E-state index in [4.69, 9.17) is 11.5 Å². The minimum absolute atomic E-state index is 0.000333. The van der Waals surface area contributed by atoms with Crippen LogP contribution in [0.15, 0.2) is 121 Å². The fraction of sp³-hybridized carbons (Fsp3) is 0.358. The Labute approximate surface area is 429 Å². The number of H-pyrrole nitrogens is 1. The molecular weight excluding hydrogens is 953 g/mol. The van der Waals surface area contributed by atoms with Gasteiger partial charge in [0, 0.05) is 55.5 Å². The summed E-state index contributed by atoms with van der Waals surface area (Å²) in [6.07, 6.45) is 0.996. The van der Waals surface area contributed by atoms with Gasteiger partial charge in [0.15, 0.2) is 0 Å². The topological polar surface area (TPSA) is 309 Å². The van der Waals surface area contributed by atoms with Crippen LogP contribution >= 0.6 is 12.6 Å². The molecule has 19 nitrogen and oxygen atoms in total. The molecule has 8 amide bonds. The smallest absolute Gasteiger partial charge is 0.245 e. The first-order valence-corrected chi connectivity index (χ1v) is 24.7. The van der Waals surface area contributed by atoms with Crippen LogP contribution in [0.25, 0.3) is 10.9 Å². The number of hydrogen-bond donors (Lipinski definition) is 12. The molecule has 5 aromatic rings. The number of nitrogens with one attached hydrogen (secondary N) is 8. The van der Waals surface area contributed by atoms with Crippen molar-refractivity contribution in [2.75, 3.05) is 12.3 Å². The van der Waals surface area contributed by atoms with Gasteiger partial charge in [-0.2, -0.15) is 12.6 Å². The molecule has 388 valence electrons. The predicted molar refractivity (Wildman–Crippen MR) is 279 cm³/mol. The number of thiol groups is 1. The number of hydrogen-bond acceptors (Lipinski definition) is 11. The summed E-state index contributed by atoms with van der Waals surface area (Å²) in [7, 11) is 0. The van der Waals surface area contributed by atoms with E-state index in [0.717, 1.165) is 16.5 Å². The Hall–Kier alpha value is -7.55. The second-order valence-corrected chi connectivity index (χ2v) is 18.2. The molecule has 1 aromatic heterocycles. The van der Waals surface area contributed by atoms with Crippen LogP contribution in [0.5, 0.6) is 0 Å². The van der Waals surface area contributed by atoms with Crippen molar-refractivity contribution in [2.45, 2.75) is 107 Å². The van der Waals surface area contributed by atoms with Gasteiger partial charge < -0.3 is 58.8 Å². The maximum absolute atomic E-state index is 14.7. The molecular formula is C53H66N10O9S. The molecule has 4 aromatic carbocycles. The number of aromatic nitrogens is 1. The SMILES string of the molecule is CC(=O)N[C@@H](Cc1ccccc1)C(=O)N[C@@H](Cc1ccccc1)C(=O)N[C@H](Cc1c[nH]c2ccccc12)C(=O)N[C@@H](CCCCN)C(=O)N[C@H](C(=O)N[C@@H](Cc1ccccc1)C(=O)N[C@@H](CS)C(N)=O)[C@@H](C)O. The zero-order valence-electron chi connectivity index (χ0n) is 40.8. The lowest BCUT2D eigenvalue weighted by atomic mass is 10.00. The molecule has 0 saturated carbocycles. The number of aromatic amines is 1. The van der Waals surface area contributed by atoms with Gasteiger partial charge in [-0.1, -0.05) is 109 Å². The lowest BCUT2D eigenvalue weighted by Crippen LogP contribution is -2.62. The Kier molecular flexibility index (Phi) is 22.0. The van der Waals surface area contributed by atoms with Gasteiger partial charge in [-0.05, 0) is 61.1 Å². The number of nitrogens with two attached hydrogens (primary N) is 2. The Bertz CT molecular complexity index is 2640. The van der Waals surface area contributed by atoms with E-state index in [1.807, 2.05) is 42.5 Å². The number of fused-ring (bicyclic) bond motifs is 1. The molecule has 1 heterocycles. The maximum atomic E-state index is 14.7. The molecule has 0 unspecified atom stereocenters. The van der Waals surface area contributed by atoms with Gasteiger partial charge in [-0.25, -0.2) is 0 Å². The van der Waals surface area contributed by atoms with Crippen molar-refractivity contribution in [1.82, 2.24) is 42.2 Å². The number of benzene rings is 4. The number of aliphatic hydroxyl groups excluding tert-OH is 1. The Morgan fingerprint density at radius 1 is 0.534 bits per heavy atom. The van der Waals surface area contributed by atoms with Gasteiger partial charge in [-0.15, -0.1) is 0 Å². The second kappa shape index (κ2) is 28.5. The summed E-state index contributed by atoms with van der Waals surface area (Å²) in [5.41, 5.74) is 14.8. The Balaban J connectivity index is 1.43. The van der Waals surface area contributed by atoms with E-state index >= 15 is 0 Å². The van der Waals surface area contributed by atoms with Gasteiger partial charge in [0.2, 0.25) is 47.3 Å². The zero-order valence-corrected chi connectivity index (χ0v) is 41.7. The van der Waals surface area contributed by atoms with Gasteiger partial charge in [0.25, 0.3) is 0 Å². The van der Waals surface area contributed by atoms with Crippen molar-refractivity contribution >= 4 is 70.8 Å². The van der Waals surface area contributed by atoms with E-state index in [9.17, 15) is 43.5 Å². The zero-order chi connectivity index (χ0) is 52.9. The molecule has 73 heavy (non-hydrogen) atoms. The van der Waals surface area contributed by atoms with E-state index < -0.39 is 95.7 Å². The minimum Gasteiger partial charge on any atom is -0.391 e. The maximum Gasteiger partial charge on any atom is 0.245 e. The molecule has 0 fully saturated rings. The first-order chi connectivity index (χ1) is 35.1. The highest BCUT2D eigenvalue weighted by Crippen LogP contribution is 2.20. The number of para-hydroxylation sites is 1. The first-order valence-electron chi connectivity index (χ1n) is 24.1. The highest BCUT2D eigenvalue weighted by molar-refractivity contribution is 7.80. The molecule has 20 heteroatoms. The molecule has 0 radical (unpaired) electrons. The molecule has 5 rings (SSSR count). The second-order valence-electron chi connectivity index (χ2n) is 17.8. The Morgan fingerprint density at radius 3 is 1.40 bits per heavy atom. The van der Waals surface area contributed by atoms with Gasteiger partial charge in [0.05, 0.1) is 6.10 Å². The summed E-state index contributed by atoms with van der Waals surface area (Å²) < 4.78 is 0. The van der Waals surface area contributed by atoms with Crippen LogP contribution in [0, 0.1) is 0 Å². The highest BCUT2D eigenvalue weighted by atomic mass is 32.1. The van der Waals surface area contributed by atoms with Crippen molar-refractivity contribution in [3.63, 3.8) is 0 Å². The van der Waals surface area contributed by atoms with Crippen LogP contribution in [-0.2, 0) is 64.0 Å². The molecule has 0 aliphatic rings.